The molecule has 0 unspecified atom stereocenters. The molecule has 2 nitrogen and oxygen atoms in total. The van der Waals surface area contributed by atoms with Crippen molar-refractivity contribution in [1.82, 2.24) is 4.57 Å². The molecule has 2 aliphatic carbocycles. The van der Waals surface area contributed by atoms with Crippen LogP contribution in [0.5, 0.6) is 0 Å². The van der Waals surface area contributed by atoms with Crippen LogP contribution in [-0.2, 0) is 10.8 Å². The van der Waals surface area contributed by atoms with Crippen molar-refractivity contribution in [3.63, 3.8) is 0 Å². The van der Waals surface area contributed by atoms with Crippen LogP contribution in [0.1, 0.15) is 49.9 Å². The van der Waals surface area contributed by atoms with E-state index in [-0.39, 0.29) is 10.8 Å². The largest absolute Gasteiger partial charge is 0.310 e. The van der Waals surface area contributed by atoms with Gasteiger partial charge in [-0.25, -0.2) is 0 Å². The zero-order valence-corrected chi connectivity index (χ0v) is 35.5. The highest BCUT2D eigenvalue weighted by molar-refractivity contribution is 6.09. The Kier molecular flexibility index (Phi) is 7.96. The Morgan fingerprint density at radius 3 is 1.52 bits per heavy atom. The van der Waals surface area contributed by atoms with E-state index in [9.17, 15) is 0 Å². The van der Waals surface area contributed by atoms with Crippen molar-refractivity contribution in [3.05, 3.63) is 229 Å². The lowest BCUT2D eigenvalue weighted by Crippen LogP contribution is -2.18. The number of rotatable bonds is 6. The van der Waals surface area contributed by atoms with E-state index in [1.54, 1.807) is 0 Å². The molecule has 1 heterocycles. The van der Waals surface area contributed by atoms with Gasteiger partial charge in [0, 0.05) is 44.4 Å². The molecule has 0 saturated heterocycles. The summed E-state index contributed by atoms with van der Waals surface area (Å²) in [5.74, 6) is 0. The van der Waals surface area contributed by atoms with E-state index in [0.29, 0.717) is 0 Å². The zero-order chi connectivity index (χ0) is 41.7. The third-order valence-corrected chi connectivity index (χ3v) is 14.0. The van der Waals surface area contributed by atoms with Crippen molar-refractivity contribution >= 4 is 38.9 Å². The second-order valence-electron chi connectivity index (χ2n) is 18.1. The first-order valence-corrected chi connectivity index (χ1v) is 21.8. The Balaban J connectivity index is 0.971. The van der Waals surface area contributed by atoms with Gasteiger partial charge in [-0.15, -0.1) is 0 Å². The minimum absolute atomic E-state index is 0.107. The van der Waals surface area contributed by atoms with Crippen molar-refractivity contribution in [3.8, 4) is 50.2 Å². The number of anilines is 3. The van der Waals surface area contributed by atoms with Gasteiger partial charge in [0.15, 0.2) is 0 Å². The smallest absolute Gasteiger partial charge is 0.0541 e. The van der Waals surface area contributed by atoms with Crippen molar-refractivity contribution in [2.24, 2.45) is 0 Å². The Morgan fingerprint density at radius 1 is 0.339 bits per heavy atom. The minimum atomic E-state index is -0.204. The second kappa shape index (κ2) is 13.5. The van der Waals surface area contributed by atoms with Gasteiger partial charge in [0.05, 0.1) is 11.0 Å². The van der Waals surface area contributed by atoms with Gasteiger partial charge < -0.3 is 9.47 Å². The first-order valence-electron chi connectivity index (χ1n) is 21.8. The van der Waals surface area contributed by atoms with Gasteiger partial charge in [-0.2, -0.15) is 0 Å². The number of hydrogen-bond donors (Lipinski definition) is 0. The standard InChI is InChI=1S/C60H46N2/c1-59(2)52-21-11-8-17-47(52)48-35-33-44(37-54(48)59)61(42-29-25-40(26-30-42)39-15-6-5-7-16-39)45-34-36-51-55(38-45)60(3,4)53-22-14-20-46(58(51)53)41-27-31-43(32-28-41)62-56-23-12-9-18-49(56)50-19-10-13-24-57(50)62/h5-38H,1-4H3. The van der Waals surface area contributed by atoms with Gasteiger partial charge >= 0.3 is 0 Å². The maximum atomic E-state index is 2.46. The van der Waals surface area contributed by atoms with Crippen LogP contribution in [0, 0.1) is 0 Å². The van der Waals surface area contributed by atoms with Crippen LogP contribution in [0.4, 0.5) is 17.1 Å². The molecular formula is C60H46N2. The molecule has 0 N–H and O–H groups in total. The zero-order valence-electron chi connectivity index (χ0n) is 35.5. The van der Waals surface area contributed by atoms with E-state index in [1.807, 2.05) is 0 Å². The van der Waals surface area contributed by atoms with Crippen molar-refractivity contribution in [2.45, 2.75) is 38.5 Å². The van der Waals surface area contributed by atoms with Crippen LogP contribution in [-0.4, -0.2) is 4.57 Å². The molecule has 0 atom stereocenters. The Morgan fingerprint density at radius 2 is 0.823 bits per heavy atom. The molecule has 0 saturated carbocycles. The molecular weight excluding hydrogens is 749 g/mol. The summed E-state index contributed by atoms with van der Waals surface area (Å²) in [6.07, 6.45) is 0. The minimum Gasteiger partial charge on any atom is -0.310 e. The fraction of sp³-hybridized carbons (Fsp3) is 0.100. The monoisotopic (exact) mass is 794 g/mol. The molecule has 12 rings (SSSR count). The van der Waals surface area contributed by atoms with Gasteiger partial charge in [-0.1, -0.05) is 173 Å². The summed E-state index contributed by atoms with van der Waals surface area (Å²) in [4.78, 5) is 2.46. The van der Waals surface area contributed by atoms with Crippen molar-refractivity contribution < 1.29 is 0 Å². The molecule has 0 amide bonds. The average molecular weight is 795 g/mol. The summed E-state index contributed by atoms with van der Waals surface area (Å²) in [7, 11) is 0. The van der Waals surface area contributed by atoms with Crippen LogP contribution >= 0.6 is 0 Å². The highest BCUT2D eigenvalue weighted by Crippen LogP contribution is 2.55. The maximum absolute atomic E-state index is 2.46. The van der Waals surface area contributed by atoms with E-state index < -0.39 is 0 Å². The van der Waals surface area contributed by atoms with Gasteiger partial charge in [0.25, 0.3) is 0 Å². The Bertz CT molecular complexity index is 3330. The summed E-state index contributed by atoms with van der Waals surface area (Å²) in [6, 6.07) is 76.5. The third-order valence-electron chi connectivity index (χ3n) is 14.0. The van der Waals surface area contributed by atoms with Gasteiger partial charge in [-0.3, -0.25) is 0 Å². The summed E-state index contributed by atoms with van der Waals surface area (Å²) >= 11 is 0. The lowest BCUT2D eigenvalue weighted by Gasteiger charge is -2.30. The SMILES string of the molecule is CC1(C)c2ccccc2-c2ccc(N(c3ccc(-c4ccccc4)cc3)c3ccc4c(c3)C(C)(C)c3cccc(-c5ccc(-n6c7ccccc7c7ccccc76)cc5)c3-4)cc21. The third kappa shape index (κ3) is 5.36. The highest BCUT2D eigenvalue weighted by atomic mass is 15.1. The van der Waals surface area contributed by atoms with Gasteiger partial charge in [0.2, 0.25) is 0 Å². The molecule has 62 heavy (non-hydrogen) atoms. The summed E-state index contributed by atoms with van der Waals surface area (Å²) < 4.78 is 2.39. The van der Waals surface area contributed by atoms with E-state index in [4.69, 9.17) is 0 Å². The first kappa shape index (κ1) is 36.4. The molecule has 0 aliphatic heterocycles. The molecule has 9 aromatic carbocycles. The highest BCUT2D eigenvalue weighted by Gasteiger charge is 2.39. The average Bonchev–Trinajstić information content (AvgIpc) is 3.86. The molecule has 2 aliphatic rings. The molecule has 0 spiro atoms. The molecule has 0 radical (unpaired) electrons. The lowest BCUT2D eigenvalue weighted by atomic mass is 9.81. The second-order valence-corrected chi connectivity index (χ2v) is 18.1. The molecule has 10 aromatic rings. The predicted octanol–water partition coefficient (Wildman–Crippen LogP) is 16.2. The molecule has 296 valence electrons. The fourth-order valence-electron chi connectivity index (χ4n) is 10.9. The Labute approximate surface area is 364 Å². The van der Waals surface area contributed by atoms with Crippen LogP contribution < -0.4 is 4.90 Å². The first-order chi connectivity index (χ1) is 30.3. The molecule has 2 heteroatoms. The van der Waals surface area contributed by atoms with Crippen LogP contribution in [0.2, 0.25) is 0 Å². The van der Waals surface area contributed by atoms with E-state index in [1.165, 1.54) is 94.3 Å². The van der Waals surface area contributed by atoms with Crippen molar-refractivity contribution in [2.75, 3.05) is 4.90 Å². The lowest BCUT2D eigenvalue weighted by molar-refractivity contribution is 0.660. The van der Waals surface area contributed by atoms with Gasteiger partial charge in [0.1, 0.15) is 0 Å². The quantitative estimate of drug-likeness (QED) is 0.163. The predicted molar refractivity (Wildman–Crippen MR) is 261 cm³/mol. The summed E-state index contributed by atoms with van der Waals surface area (Å²) in [5.41, 5.74) is 22.5. The number of hydrogen-bond acceptors (Lipinski definition) is 1. The summed E-state index contributed by atoms with van der Waals surface area (Å²) in [6.45, 7) is 9.52. The number of para-hydroxylation sites is 2. The molecule has 0 bridgehead atoms. The number of benzene rings is 9. The van der Waals surface area contributed by atoms with Crippen molar-refractivity contribution in [1.29, 1.82) is 0 Å². The van der Waals surface area contributed by atoms with E-state index >= 15 is 0 Å². The number of nitrogens with zero attached hydrogens (tertiary/aromatic N) is 2. The van der Waals surface area contributed by atoms with Gasteiger partial charge in [-0.05, 0) is 127 Å². The Hall–Kier alpha value is -7.42. The molecule has 0 fully saturated rings. The fourth-order valence-corrected chi connectivity index (χ4v) is 10.9. The number of aromatic nitrogens is 1. The van der Waals surface area contributed by atoms with Crippen LogP contribution in [0.3, 0.4) is 0 Å². The maximum Gasteiger partial charge on any atom is 0.0541 e. The van der Waals surface area contributed by atoms with Crippen LogP contribution in [0.25, 0.3) is 72.0 Å². The van der Waals surface area contributed by atoms with Crippen LogP contribution in [0.15, 0.2) is 206 Å². The topological polar surface area (TPSA) is 8.17 Å². The normalized spacial score (nSPS) is 14.1. The summed E-state index contributed by atoms with van der Waals surface area (Å²) in [5, 5.41) is 2.55. The van der Waals surface area contributed by atoms with E-state index in [0.717, 1.165) is 17.1 Å². The van der Waals surface area contributed by atoms with E-state index in [2.05, 4.69) is 243 Å². The number of fused-ring (bicyclic) bond motifs is 9. The molecule has 1 aromatic heterocycles.